The summed E-state index contributed by atoms with van der Waals surface area (Å²) in [5, 5.41) is 3.53. The number of rotatable bonds is 8. The molecule has 0 amide bonds. The van der Waals surface area contributed by atoms with Crippen LogP contribution in [0.5, 0.6) is 0 Å². The highest BCUT2D eigenvalue weighted by Gasteiger charge is 2.18. The van der Waals surface area contributed by atoms with Crippen LogP contribution < -0.4 is 5.32 Å². The van der Waals surface area contributed by atoms with E-state index >= 15 is 0 Å². The molecular formula is C16H29N3. The van der Waals surface area contributed by atoms with Crippen LogP contribution in [0.15, 0.2) is 18.2 Å². The number of aryl methyl sites for hydroxylation is 1. The van der Waals surface area contributed by atoms with Crippen LogP contribution in [0.2, 0.25) is 0 Å². The smallest absolute Gasteiger partial charge is 0.0547 e. The van der Waals surface area contributed by atoms with Crippen LogP contribution in [0, 0.1) is 12.8 Å². The van der Waals surface area contributed by atoms with Gasteiger partial charge in [0.25, 0.3) is 0 Å². The molecule has 1 rings (SSSR count). The fourth-order valence-electron chi connectivity index (χ4n) is 2.39. The van der Waals surface area contributed by atoms with E-state index < -0.39 is 0 Å². The molecule has 0 aromatic carbocycles. The summed E-state index contributed by atoms with van der Waals surface area (Å²) < 4.78 is 0. The molecule has 0 saturated carbocycles. The minimum absolute atomic E-state index is 0.550. The zero-order chi connectivity index (χ0) is 14.3. The highest BCUT2D eigenvalue weighted by molar-refractivity contribution is 5.09. The molecule has 0 bridgehead atoms. The maximum absolute atomic E-state index is 4.59. The van der Waals surface area contributed by atoms with E-state index in [9.17, 15) is 0 Å². The van der Waals surface area contributed by atoms with Crippen molar-refractivity contribution in [3.8, 4) is 0 Å². The molecule has 0 radical (unpaired) electrons. The molecule has 0 spiro atoms. The average molecular weight is 263 g/mol. The Kier molecular flexibility index (Phi) is 7.03. The van der Waals surface area contributed by atoms with Crippen LogP contribution in [0.1, 0.15) is 38.6 Å². The average Bonchev–Trinajstić information content (AvgIpc) is 2.34. The Hall–Kier alpha value is -0.930. The second-order valence-electron chi connectivity index (χ2n) is 5.70. The Balaban J connectivity index is 2.58. The van der Waals surface area contributed by atoms with Gasteiger partial charge in [0.15, 0.2) is 0 Å². The molecule has 1 heterocycles. The first-order chi connectivity index (χ1) is 9.04. The SMILES string of the molecule is CCCNCC(C(C)C)N(C)Cc1cccc(C)n1. The van der Waals surface area contributed by atoms with E-state index in [1.165, 1.54) is 6.42 Å². The van der Waals surface area contributed by atoms with Gasteiger partial charge in [-0.25, -0.2) is 0 Å². The molecule has 0 aliphatic heterocycles. The molecule has 0 fully saturated rings. The molecule has 108 valence electrons. The predicted molar refractivity (Wildman–Crippen MR) is 82.2 cm³/mol. The summed E-state index contributed by atoms with van der Waals surface area (Å²) in [6.07, 6.45) is 1.19. The van der Waals surface area contributed by atoms with E-state index in [0.29, 0.717) is 12.0 Å². The van der Waals surface area contributed by atoms with Crippen molar-refractivity contribution in [1.29, 1.82) is 0 Å². The van der Waals surface area contributed by atoms with E-state index in [1.54, 1.807) is 0 Å². The number of aromatic nitrogens is 1. The van der Waals surface area contributed by atoms with Gasteiger partial charge in [0.2, 0.25) is 0 Å². The lowest BCUT2D eigenvalue weighted by Gasteiger charge is -2.31. The molecule has 1 aromatic heterocycles. The number of pyridine rings is 1. The third-order valence-corrected chi connectivity index (χ3v) is 3.47. The molecule has 1 N–H and O–H groups in total. The summed E-state index contributed by atoms with van der Waals surface area (Å²) in [5.41, 5.74) is 2.25. The van der Waals surface area contributed by atoms with Crippen molar-refractivity contribution in [2.75, 3.05) is 20.1 Å². The van der Waals surface area contributed by atoms with Crippen LogP contribution in [0.4, 0.5) is 0 Å². The fourth-order valence-corrected chi connectivity index (χ4v) is 2.39. The summed E-state index contributed by atoms with van der Waals surface area (Å²) in [6.45, 7) is 11.9. The maximum atomic E-state index is 4.59. The number of hydrogen-bond donors (Lipinski definition) is 1. The first-order valence-corrected chi connectivity index (χ1v) is 7.38. The first-order valence-electron chi connectivity index (χ1n) is 7.38. The van der Waals surface area contributed by atoms with E-state index in [1.807, 2.05) is 13.0 Å². The molecule has 0 aliphatic rings. The van der Waals surface area contributed by atoms with Gasteiger partial charge in [0.1, 0.15) is 0 Å². The topological polar surface area (TPSA) is 28.2 Å². The van der Waals surface area contributed by atoms with Gasteiger partial charge in [-0.3, -0.25) is 9.88 Å². The van der Waals surface area contributed by atoms with Gasteiger partial charge in [0.05, 0.1) is 5.69 Å². The molecule has 3 heteroatoms. The van der Waals surface area contributed by atoms with Gasteiger partial charge in [-0.1, -0.05) is 26.8 Å². The standard InChI is InChI=1S/C16H29N3/c1-6-10-17-11-16(13(2)3)19(5)12-15-9-7-8-14(4)18-15/h7-9,13,16-17H,6,10-12H2,1-5H3. The van der Waals surface area contributed by atoms with E-state index in [4.69, 9.17) is 0 Å². The fraction of sp³-hybridized carbons (Fsp3) is 0.688. The Labute approximate surface area is 118 Å². The van der Waals surface area contributed by atoms with Crippen molar-refractivity contribution in [2.45, 2.75) is 46.7 Å². The van der Waals surface area contributed by atoms with E-state index in [0.717, 1.165) is 31.0 Å². The summed E-state index contributed by atoms with van der Waals surface area (Å²) in [4.78, 5) is 7.00. The van der Waals surface area contributed by atoms with Crippen molar-refractivity contribution in [3.63, 3.8) is 0 Å². The normalized spacial score (nSPS) is 13.2. The minimum atomic E-state index is 0.550. The predicted octanol–water partition coefficient (Wildman–Crippen LogP) is 2.85. The van der Waals surface area contributed by atoms with Crippen LogP contribution in [0.3, 0.4) is 0 Å². The Bertz CT molecular complexity index is 363. The van der Waals surface area contributed by atoms with Crippen molar-refractivity contribution < 1.29 is 0 Å². The first kappa shape index (κ1) is 16.1. The van der Waals surface area contributed by atoms with Gasteiger partial charge >= 0.3 is 0 Å². The molecule has 1 unspecified atom stereocenters. The molecule has 1 atom stereocenters. The highest BCUT2D eigenvalue weighted by Crippen LogP contribution is 2.12. The van der Waals surface area contributed by atoms with Gasteiger partial charge < -0.3 is 5.32 Å². The Morgan fingerprint density at radius 3 is 2.63 bits per heavy atom. The lowest BCUT2D eigenvalue weighted by Crippen LogP contribution is -2.43. The van der Waals surface area contributed by atoms with Gasteiger partial charge in [-0.05, 0) is 45.0 Å². The van der Waals surface area contributed by atoms with Crippen molar-refractivity contribution in [3.05, 3.63) is 29.6 Å². The van der Waals surface area contributed by atoms with E-state index in [2.05, 4.69) is 55.2 Å². The number of nitrogens with one attached hydrogen (secondary N) is 1. The largest absolute Gasteiger partial charge is 0.315 e. The third-order valence-electron chi connectivity index (χ3n) is 3.47. The summed E-state index contributed by atoms with van der Waals surface area (Å²) >= 11 is 0. The van der Waals surface area contributed by atoms with Crippen LogP contribution >= 0.6 is 0 Å². The van der Waals surface area contributed by atoms with Gasteiger partial charge in [-0.2, -0.15) is 0 Å². The molecule has 0 saturated heterocycles. The number of likely N-dealkylation sites (N-methyl/N-ethyl adjacent to an activating group) is 1. The second kappa shape index (κ2) is 8.28. The summed E-state index contributed by atoms with van der Waals surface area (Å²) in [5.74, 6) is 0.638. The molecule has 19 heavy (non-hydrogen) atoms. The minimum Gasteiger partial charge on any atom is -0.315 e. The maximum Gasteiger partial charge on any atom is 0.0547 e. The van der Waals surface area contributed by atoms with Crippen LogP contribution in [-0.2, 0) is 6.54 Å². The zero-order valence-corrected chi connectivity index (χ0v) is 13.1. The molecule has 3 nitrogen and oxygen atoms in total. The highest BCUT2D eigenvalue weighted by atomic mass is 15.2. The lowest BCUT2D eigenvalue weighted by atomic mass is 10.0. The van der Waals surface area contributed by atoms with E-state index in [-0.39, 0.29) is 0 Å². The van der Waals surface area contributed by atoms with Crippen LogP contribution in [0.25, 0.3) is 0 Å². The van der Waals surface area contributed by atoms with Crippen molar-refractivity contribution in [1.82, 2.24) is 15.2 Å². The molecular weight excluding hydrogens is 234 g/mol. The van der Waals surface area contributed by atoms with Crippen molar-refractivity contribution >= 4 is 0 Å². The third kappa shape index (κ3) is 5.70. The quantitative estimate of drug-likeness (QED) is 0.731. The zero-order valence-electron chi connectivity index (χ0n) is 13.1. The molecule has 0 aliphatic carbocycles. The number of nitrogens with zero attached hydrogens (tertiary/aromatic N) is 2. The van der Waals surface area contributed by atoms with Gasteiger partial charge in [-0.15, -0.1) is 0 Å². The Morgan fingerprint density at radius 2 is 2.05 bits per heavy atom. The lowest BCUT2D eigenvalue weighted by molar-refractivity contribution is 0.178. The molecule has 1 aromatic rings. The number of hydrogen-bond acceptors (Lipinski definition) is 3. The Morgan fingerprint density at radius 1 is 1.32 bits per heavy atom. The van der Waals surface area contributed by atoms with Crippen molar-refractivity contribution in [2.24, 2.45) is 5.92 Å². The summed E-state index contributed by atoms with van der Waals surface area (Å²) in [7, 11) is 2.20. The monoisotopic (exact) mass is 263 g/mol. The second-order valence-corrected chi connectivity index (χ2v) is 5.70. The summed E-state index contributed by atoms with van der Waals surface area (Å²) in [6, 6.07) is 6.80. The van der Waals surface area contributed by atoms with Crippen LogP contribution in [-0.4, -0.2) is 36.1 Å². The van der Waals surface area contributed by atoms with Gasteiger partial charge in [0, 0.05) is 24.8 Å².